The van der Waals surface area contributed by atoms with Gasteiger partial charge in [0.05, 0.1) is 18.8 Å². The quantitative estimate of drug-likeness (QED) is 0.441. The van der Waals surface area contributed by atoms with E-state index in [-0.39, 0.29) is 6.29 Å². The minimum atomic E-state index is -4.24. The van der Waals surface area contributed by atoms with Crippen molar-refractivity contribution in [3.8, 4) is 0 Å². The molecule has 2 nitrogen and oxygen atoms in total. The van der Waals surface area contributed by atoms with Gasteiger partial charge in [-0.25, -0.2) is 0 Å². The summed E-state index contributed by atoms with van der Waals surface area (Å²) in [4.78, 5) is 0. The maximum Gasteiger partial charge on any atom is 0.416 e. The molecule has 0 N–H and O–H groups in total. The summed E-state index contributed by atoms with van der Waals surface area (Å²) in [6.07, 6.45) is 9.31. The molecular formula is C27H39F3O2. The summed E-state index contributed by atoms with van der Waals surface area (Å²) < 4.78 is 49.9. The Labute approximate surface area is 191 Å². The highest BCUT2D eigenvalue weighted by molar-refractivity contribution is 5.24. The zero-order valence-corrected chi connectivity index (χ0v) is 19.4. The molecule has 1 unspecified atom stereocenters. The average Bonchev–Trinajstić information content (AvgIpc) is 2.83. The van der Waals surface area contributed by atoms with Crippen LogP contribution in [0, 0.1) is 29.6 Å². The predicted molar refractivity (Wildman–Crippen MR) is 120 cm³/mol. The molecule has 180 valence electrons. The molecule has 2 aliphatic carbocycles. The first kappa shape index (κ1) is 24.1. The molecule has 3 aliphatic rings. The normalized spacial score (nSPS) is 31.4. The Morgan fingerprint density at radius 3 is 1.97 bits per heavy atom. The molecule has 3 fully saturated rings. The monoisotopic (exact) mass is 452 g/mol. The van der Waals surface area contributed by atoms with E-state index in [0.717, 1.165) is 61.7 Å². The number of hydrogen-bond acceptors (Lipinski definition) is 2. The van der Waals surface area contributed by atoms with Crippen LogP contribution >= 0.6 is 0 Å². The second-order valence-electron chi connectivity index (χ2n) is 10.5. The van der Waals surface area contributed by atoms with Crippen LogP contribution in [-0.2, 0) is 22.1 Å². The number of rotatable bonds is 6. The molecule has 0 amide bonds. The molecule has 32 heavy (non-hydrogen) atoms. The van der Waals surface area contributed by atoms with Crippen molar-refractivity contribution in [2.24, 2.45) is 29.6 Å². The van der Waals surface area contributed by atoms with Gasteiger partial charge in [0, 0.05) is 5.92 Å². The van der Waals surface area contributed by atoms with Crippen molar-refractivity contribution in [2.45, 2.75) is 90.0 Å². The lowest BCUT2D eigenvalue weighted by Gasteiger charge is -2.41. The van der Waals surface area contributed by atoms with Crippen molar-refractivity contribution in [3.63, 3.8) is 0 Å². The molecule has 1 aromatic rings. The van der Waals surface area contributed by atoms with Crippen LogP contribution in [0.15, 0.2) is 24.3 Å². The van der Waals surface area contributed by atoms with Crippen LogP contribution in [0.25, 0.3) is 0 Å². The Morgan fingerprint density at radius 2 is 1.41 bits per heavy atom. The molecule has 1 aromatic carbocycles. The Balaban J connectivity index is 1.15. The van der Waals surface area contributed by atoms with E-state index in [2.05, 4.69) is 6.92 Å². The zero-order chi connectivity index (χ0) is 22.6. The molecule has 5 heteroatoms. The van der Waals surface area contributed by atoms with E-state index >= 15 is 0 Å². The van der Waals surface area contributed by atoms with E-state index in [1.807, 2.05) is 0 Å². The minimum Gasteiger partial charge on any atom is -0.352 e. The fourth-order valence-electron chi connectivity index (χ4n) is 6.35. The summed E-state index contributed by atoms with van der Waals surface area (Å²) in [5.74, 6) is 3.70. The highest BCUT2D eigenvalue weighted by Gasteiger charge is 2.35. The summed E-state index contributed by atoms with van der Waals surface area (Å²) in [6.45, 7) is 3.99. The van der Waals surface area contributed by atoms with Crippen molar-refractivity contribution in [3.05, 3.63) is 35.4 Å². The largest absolute Gasteiger partial charge is 0.416 e. The fourth-order valence-corrected chi connectivity index (χ4v) is 6.35. The van der Waals surface area contributed by atoms with Crippen LogP contribution in [0.2, 0.25) is 0 Å². The molecule has 4 rings (SSSR count). The number of alkyl halides is 3. The Kier molecular flexibility index (Phi) is 8.20. The number of ether oxygens (including phenoxy) is 2. The summed E-state index contributed by atoms with van der Waals surface area (Å²) in [7, 11) is 0. The first-order valence-electron chi connectivity index (χ1n) is 12.8. The van der Waals surface area contributed by atoms with Crippen molar-refractivity contribution >= 4 is 0 Å². The fraction of sp³-hybridized carbons (Fsp3) is 0.778. The van der Waals surface area contributed by atoms with E-state index in [1.165, 1.54) is 63.5 Å². The second kappa shape index (κ2) is 10.9. The smallest absolute Gasteiger partial charge is 0.352 e. The van der Waals surface area contributed by atoms with Gasteiger partial charge in [-0.15, -0.1) is 0 Å². The molecule has 1 heterocycles. The lowest BCUT2D eigenvalue weighted by atomic mass is 9.67. The highest BCUT2D eigenvalue weighted by Crippen LogP contribution is 2.44. The summed E-state index contributed by atoms with van der Waals surface area (Å²) >= 11 is 0. The van der Waals surface area contributed by atoms with Gasteiger partial charge in [-0.05, 0) is 99.2 Å². The van der Waals surface area contributed by atoms with Crippen LogP contribution in [0.3, 0.4) is 0 Å². The molecule has 0 bridgehead atoms. The van der Waals surface area contributed by atoms with E-state index in [9.17, 15) is 13.2 Å². The first-order valence-corrected chi connectivity index (χ1v) is 12.8. The number of hydrogen-bond donors (Lipinski definition) is 0. The topological polar surface area (TPSA) is 18.5 Å². The summed E-state index contributed by atoms with van der Waals surface area (Å²) in [6, 6.07) is 5.74. The van der Waals surface area contributed by atoms with Gasteiger partial charge in [0.1, 0.15) is 0 Å². The van der Waals surface area contributed by atoms with Crippen LogP contribution in [0.4, 0.5) is 13.2 Å². The van der Waals surface area contributed by atoms with Gasteiger partial charge in [-0.1, -0.05) is 31.9 Å². The van der Waals surface area contributed by atoms with Gasteiger partial charge in [-0.3, -0.25) is 0 Å². The van der Waals surface area contributed by atoms with E-state index < -0.39 is 11.7 Å². The maximum atomic E-state index is 12.7. The standard InChI is InChI=1S/C27H39F3O2/c1-19(26-31-17-2-18-32-26)22-11-13-24(14-12-22)23-9-5-20(6-10-23)3-4-21-7-15-25(16-8-21)27(28,29)30/h7-8,15-16,19-20,22-24,26H,2-6,9-14,17-18H2,1H3. The molecule has 0 spiro atoms. The molecule has 0 aromatic heterocycles. The number of aryl methyl sites for hydroxylation is 1. The lowest BCUT2D eigenvalue weighted by Crippen LogP contribution is -2.37. The molecule has 1 saturated heterocycles. The molecule has 1 aliphatic heterocycles. The summed E-state index contributed by atoms with van der Waals surface area (Å²) in [5.41, 5.74) is 0.475. The number of benzene rings is 1. The van der Waals surface area contributed by atoms with Crippen molar-refractivity contribution in [1.82, 2.24) is 0 Å². The first-order chi connectivity index (χ1) is 15.4. The maximum absolute atomic E-state index is 12.7. The van der Waals surface area contributed by atoms with Crippen LogP contribution < -0.4 is 0 Å². The average molecular weight is 453 g/mol. The van der Waals surface area contributed by atoms with Gasteiger partial charge in [0.2, 0.25) is 0 Å². The van der Waals surface area contributed by atoms with Crippen molar-refractivity contribution < 1.29 is 22.6 Å². The zero-order valence-electron chi connectivity index (χ0n) is 19.4. The third-order valence-corrected chi connectivity index (χ3v) is 8.52. The van der Waals surface area contributed by atoms with Gasteiger partial charge in [0.25, 0.3) is 0 Å². The third-order valence-electron chi connectivity index (χ3n) is 8.52. The van der Waals surface area contributed by atoms with Gasteiger partial charge in [0.15, 0.2) is 6.29 Å². The molecular weight excluding hydrogens is 413 g/mol. The van der Waals surface area contributed by atoms with Crippen molar-refractivity contribution in [2.75, 3.05) is 13.2 Å². The van der Waals surface area contributed by atoms with Gasteiger partial charge >= 0.3 is 6.18 Å². The van der Waals surface area contributed by atoms with Gasteiger partial charge in [-0.2, -0.15) is 13.2 Å². The lowest BCUT2D eigenvalue weighted by molar-refractivity contribution is -0.212. The third kappa shape index (κ3) is 6.28. The van der Waals surface area contributed by atoms with E-state index in [4.69, 9.17) is 9.47 Å². The Bertz CT molecular complexity index is 680. The van der Waals surface area contributed by atoms with Crippen molar-refractivity contribution in [1.29, 1.82) is 0 Å². The molecule has 0 radical (unpaired) electrons. The minimum absolute atomic E-state index is 0.00500. The van der Waals surface area contributed by atoms with E-state index in [0.29, 0.717) is 5.92 Å². The second-order valence-corrected chi connectivity index (χ2v) is 10.5. The van der Waals surface area contributed by atoms with E-state index in [1.54, 1.807) is 12.1 Å². The Hall–Kier alpha value is -1.07. The van der Waals surface area contributed by atoms with Crippen LogP contribution in [0.5, 0.6) is 0 Å². The summed E-state index contributed by atoms with van der Waals surface area (Å²) in [5, 5.41) is 0. The SMILES string of the molecule is CC(C1CCC(C2CCC(CCc3ccc(C(F)(F)F)cc3)CC2)CC1)C1OCCCO1. The Morgan fingerprint density at radius 1 is 0.844 bits per heavy atom. The predicted octanol–water partition coefficient (Wildman–Crippen LogP) is 7.65. The van der Waals surface area contributed by atoms with Gasteiger partial charge < -0.3 is 9.47 Å². The molecule has 2 saturated carbocycles. The number of halogens is 3. The highest BCUT2D eigenvalue weighted by atomic mass is 19.4. The van der Waals surface area contributed by atoms with Crippen LogP contribution in [0.1, 0.15) is 82.3 Å². The van der Waals surface area contributed by atoms with Crippen LogP contribution in [-0.4, -0.2) is 19.5 Å². The molecule has 1 atom stereocenters.